The summed E-state index contributed by atoms with van der Waals surface area (Å²) in [5.74, 6) is 0. The number of hydrogen-bond acceptors (Lipinski definition) is 4. The highest BCUT2D eigenvalue weighted by Crippen LogP contribution is 2.23. The van der Waals surface area contributed by atoms with Crippen molar-refractivity contribution in [2.24, 2.45) is 0 Å². The van der Waals surface area contributed by atoms with Crippen LogP contribution < -0.4 is 0 Å². The molecule has 0 amide bonds. The molecule has 0 aromatic carbocycles. The Bertz CT molecular complexity index is 163. The molecule has 1 heterocycles. The van der Waals surface area contributed by atoms with Crippen molar-refractivity contribution in [1.82, 2.24) is 4.90 Å². The smallest absolute Gasteiger partial charge is 0.159 e. The van der Waals surface area contributed by atoms with E-state index in [9.17, 15) is 5.11 Å². The number of ether oxygens (including phenoxy) is 2. The van der Waals surface area contributed by atoms with E-state index < -0.39 is 6.10 Å². The molecule has 4 atom stereocenters. The number of hydrogen-bond donors (Lipinski definition) is 1. The van der Waals surface area contributed by atoms with Crippen LogP contribution >= 0.6 is 0 Å². The molecule has 0 radical (unpaired) electrons. The minimum atomic E-state index is -0.429. The number of methoxy groups -OCH3 is 1. The van der Waals surface area contributed by atoms with Gasteiger partial charge >= 0.3 is 0 Å². The van der Waals surface area contributed by atoms with Crippen molar-refractivity contribution in [3.8, 4) is 0 Å². The Labute approximate surface area is 79.4 Å². The normalized spacial score (nSPS) is 41.1. The summed E-state index contributed by atoms with van der Waals surface area (Å²) in [5.41, 5.74) is 0. The molecule has 1 N–H and O–H groups in total. The summed E-state index contributed by atoms with van der Waals surface area (Å²) in [5, 5.41) is 9.80. The first-order valence-electron chi connectivity index (χ1n) is 4.59. The van der Waals surface area contributed by atoms with Crippen molar-refractivity contribution in [3.63, 3.8) is 0 Å². The molecule has 0 unspecified atom stereocenters. The molecule has 78 valence electrons. The second kappa shape index (κ2) is 4.37. The standard InChI is InChI=1S/C9H19NO3/c1-6-9(11)7(10(2)3)5-8(12-4)13-6/h6-9,11H,5H2,1-4H3/t6-,7+,8+,9-/m0/s1. The molecule has 4 nitrogen and oxygen atoms in total. The Hall–Kier alpha value is -0.160. The van der Waals surface area contributed by atoms with Gasteiger partial charge in [0.25, 0.3) is 0 Å². The zero-order valence-electron chi connectivity index (χ0n) is 8.73. The van der Waals surface area contributed by atoms with Gasteiger partial charge in [-0.1, -0.05) is 0 Å². The Morgan fingerprint density at radius 1 is 1.46 bits per heavy atom. The first kappa shape index (κ1) is 10.9. The molecule has 13 heavy (non-hydrogen) atoms. The van der Waals surface area contributed by atoms with E-state index >= 15 is 0 Å². The van der Waals surface area contributed by atoms with Gasteiger partial charge in [-0.3, -0.25) is 0 Å². The summed E-state index contributed by atoms with van der Waals surface area (Å²) in [4.78, 5) is 2.01. The SMILES string of the molecule is CO[C@H]1C[C@@H](N(C)C)[C@@H](O)[C@H](C)O1. The summed E-state index contributed by atoms with van der Waals surface area (Å²) in [6, 6.07) is 0.119. The minimum Gasteiger partial charge on any atom is -0.389 e. The van der Waals surface area contributed by atoms with E-state index in [1.807, 2.05) is 25.9 Å². The van der Waals surface area contributed by atoms with Crippen molar-refractivity contribution < 1.29 is 14.6 Å². The third kappa shape index (κ3) is 2.40. The fourth-order valence-corrected chi connectivity index (χ4v) is 1.69. The topological polar surface area (TPSA) is 41.9 Å². The highest BCUT2D eigenvalue weighted by molar-refractivity contribution is 4.85. The van der Waals surface area contributed by atoms with Crippen LogP contribution in [0, 0.1) is 0 Å². The van der Waals surface area contributed by atoms with Gasteiger partial charge in [-0.25, -0.2) is 0 Å². The minimum absolute atomic E-state index is 0.119. The lowest BCUT2D eigenvalue weighted by molar-refractivity contribution is -0.224. The lowest BCUT2D eigenvalue weighted by atomic mass is 9.99. The van der Waals surface area contributed by atoms with Gasteiger partial charge in [0.1, 0.15) is 0 Å². The van der Waals surface area contributed by atoms with Crippen LogP contribution in [0.15, 0.2) is 0 Å². The van der Waals surface area contributed by atoms with Crippen LogP contribution in [0.25, 0.3) is 0 Å². The predicted octanol–water partition coefficient (Wildman–Crippen LogP) is 0.0588. The van der Waals surface area contributed by atoms with Gasteiger partial charge in [-0.2, -0.15) is 0 Å². The lowest BCUT2D eigenvalue weighted by Gasteiger charge is -2.40. The molecule has 0 saturated carbocycles. The molecule has 0 bridgehead atoms. The maximum atomic E-state index is 9.80. The quantitative estimate of drug-likeness (QED) is 0.667. The third-order valence-corrected chi connectivity index (χ3v) is 2.60. The third-order valence-electron chi connectivity index (χ3n) is 2.60. The molecule has 1 rings (SSSR count). The number of aliphatic hydroxyl groups excluding tert-OH is 1. The van der Waals surface area contributed by atoms with E-state index in [4.69, 9.17) is 9.47 Å². The monoisotopic (exact) mass is 189 g/mol. The number of likely N-dealkylation sites (N-methyl/N-ethyl adjacent to an activating group) is 1. The van der Waals surface area contributed by atoms with Crippen molar-refractivity contribution >= 4 is 0 Å². The van der Waals surface area contributed by atoms with E-state index in [1.165, 1.54) is 0 Å². The van der Waals surface area contributed by atoms with E-state index in [-0.39, 0.29) is 18.4 Å². The zero-order chi connectivity index (χ0) is 10.0. The molecule has 0 aliphatic carbocycles. The zero-order valence-corrected chi connectivity index (χ0v) is 8.73. The summed E-state index contributed by atoms with van der Waals surface area (Å²) in [6.07, 6.45) is -0.0621. The Morgan fingerprint density at radius 3 is 2.54 bits per heavy atom. The summed E-state index contributed by atoms with van der Waals surface area (Å²) in [7, 11) is 5.54. The molecule has 1 saturated heterocycles. The fraction of sp³-hybridized carbons (Fsp3) is 1.00. The Kier molecular flexibility index (Phi) is 3.67. The highest BCUT2D eigenvalue weighted by atomic mass is 16.7. The molecular weight excluding hydrogens is 170 g/mol. The van der Waals surface area contributed by atoms with Crippen LogP contribution in [0.5, 0.6) is 0 Å². The van der Waals surface area contributed by atoms with Crippen molar-refractivity contribution in [3.05, 3.63) is 0 Å². The largest absolute Gasteiger partial charge is 0.389 e. The van der Waals surface area contributed by atoms with Crippen LogP contribution in [-0.4, -0.2) is 55.8 Å². The summed E-state index contributed by atoms with van der Waals surface area (Å²) >= 11 is 0. The van der Waals surface area contributed by atoms with Crippen LogP contribution in [0.1, 0.15) is 13.3 Å². The van der Waals surface area contributed by atoms with Crippen LogP contribution in [-0.2, 0) is 9.47 Å². The fourth-order valence-electron chi connectivity index (χ4n) is 1.69. The molecule has 1 aliphatic heterocycles. The molecule has 0 aromatic rings. The van der Waals surface area contributed by atoms with Crippen molar-refractivity contribution in [2.75, 3.05) is 21.2 Å². The van der Waals surface area contributed by atoms with Gasteiger partial charge in [0.05, 0.1) is 12.2 Å². The average molecular weight is 189 g/mol. The highest BCUT2D eigenvalue weighted by Gasteiger charge is 2.36. The van der Waals surface area contributed by atoms with Crippen molar-refractivity contribution in [2.45, 2.75) is 37.9 Å². The van der Waals surface area contributed by atoms with Crippen molar-refractivity contribution in [1.29, 1.82) is 0 Å². The van der Waals surface area contributed by atoms with Crippen LogP contribution in [0.4, 0.5) is 0 Å². The molecule has 0 aromatic heterocycles. The van der Waals surface area contributed by atoms with Gasteiger partial charge in [0.15, 0.2) is 6.29 Å². The molecule has 4 heteroatoms. The van der Waals surface area contributed by atoms with Gasteiger partial charge in [0.2, 0.25) is 0 Å². The molecular formula is C9H19NO3. The van der Waals surface area contributed by atoms with Gasteiger partial charge < -0.3 is 19.5 Å². The number of nitrogens with zero attached hydrogens (tertiary/aromatic N) is 1. The number of aliphatic hydroxyl groups is 1. The van der Waals surface area contributed by atoms with Gasteiger partial charge in [0, 0.05) is 19.6 Å². The lowest BCUT2D eigenvalue weighted by Crippen LogP contribution is -2.53. The Balaban J connectivity index is 2.60. The van der Waals surface area contributed by atoms with E-state index in [1.54, 1.807) is 7.11 Å². The molecule has 0 spiro atoms. The predicted molar refractivity (Wildman–Crippen MR) is 49.4 cm³/mol. The maximum absolute atomic E-state index is 9.80. The first-order chi connectivity index (χ1) is 6.06. The van der Waals surface area contributed by atoms with E-state index in [0.717, 1.165) is 6.42 Å². The maximum Gasteiger partial charge on any atom is 0.159 e. The summed E-state index contributed by atoms with van der Waals surface area (Å²) < 4.78 is 10.6. The second-order valence-electron chi connectivity index (χ2n) is 3.76. The van der Waals surface area contributed by atoms with E-state index in [0.29, 0.717) is 0 Å². The van der Waals surface area contributed by atoms with E-state index in [2.05, 4.69) is 0 Å². The first-order valence-corrected chi connectivity index (χ1v) is 4.59. The van der Waals surface area contributed by atoms with Crippen LogP contribution in [0.3, 0.4) is 0 Å². The van der Waals surface area contributed by atoms with Crippen LogP contribution in [0.2, 0.25) is 0 Å². The number of rotatable bonds is 2. The summed E-state index contributed by atoms with van der Waals surface area (Å²) in [6.45, 7) is 1.87. The average Bonchev–Trinajstić information content (AvgIpc) is 2.09. The second-order valence-corrected chi connectivity index (χ2v) is 3.76. The molecule has 1 fully saturated rings. The Morgan fingerprint density at radius 2 is 2.08 bits per heavy atom. The molecule has 1 aliphatic rings. The van der Waals surface area contributed by atoms with Gasteiger partial charge in [-0.15, -0.1) is 0 Å². The van der Waals surface area contributed by atoms with Gasteiger partial charge in [-0.05, 0) is 21.0 Å².